The molecule has 0 aliphatic rings. The van der Waals surface area contributed by atoms with Crippen LogP contribution in [0.25, 0.3) is 0 Å². The van der Waals surface area contributed by atoms with Crippen LogP contribution in [0, 0.1) is 0 Å². The van der Waals surface area contributed by atoms with Crippen LogP contribution in [0.1, 0.15) is 55.4 Å². The molecular formula is C20H19F6NO3S. The number of benzene rings is 2. The van der Waals surface area contributed by atoms with Crippen LogP contribution >= 0.6 is 0 Å². The number of oxime groups is 1. The summed E-state index contributed by atoms with van der Waals surface area (Å²) in [7, 11) is -5.04. The topological polar surface area (TPSA) is 55.7 Å². The van der Waals surface area contributed by atoms with Crippen molar-refractivity contribution in [2.24, 2.45) is 5.16 Å². The molecule has 0 bridgehead atoms. The lowest BCUT2D eigenvalue weighted by atomic mass is 9.97. The van der Waals surface area contributed by atoms with Gasteiger partial charge in [-0.05, 0) is 48.6 Å². The fourth-order valence-electron chi connectivity index (χ4n) is 2.56. The van der Waals surface area contributed by atoms with Gasteiger partial charge in [0.1, 0.15) is 4.90 Å². The predicted molar refractivity (Wildman–Crippen MR) is 102 cm³/mol. The Balaban J connectivity index is 2.37. The lowest BCUT2D eigenvalue weighted by Crippen LogP contribution is -2.14. The Morgan fingerprint density at radius 3 is 1.87 bits per heavy atom. The van der Waals surface area contributed by atoms with Crippen LogP contribution in [-0.4, -0.2) is 14.1 Å². The Morgan fingerprint density at radius 2 is 1.45 bits per heavy atom. The van der Waals surface area contributed by atoms with Crippen molar-refractivity contribution in [3.8, 4) is 0 Å². The molecule has 31 heavy (non-hydrogen) atoms. The van der Waals surface area contributed by atoms with Crippen molar-refractivity contribution in [3.63, 3.8) is 0 Å². The summed E-state index contributed by atoms with van der Waals surface area (Å²) in [5.41, 5.74) is -1.96. The Bertz CT molecular complexity index is 1030. The van der Waals surface area contributed by atoms with Crippen LogP contribution in [0.15, 0.2) is 52.5 Å². The van der Waals surface area contributed by atoms with Crippen molar-refractivity contribution >= 4 is 15.8 Å². The van der Waals surface area contributed by atoms with Gasteiger partial charge < -0.3 is 0 Å². The number of alkyl halides is 6. The number of rotatable bonds is 6. The molecule has 1 unspecified atom stereocenters. The highest BCUT2D eigenvalue weighted by Gasteiger charge is 2.38. The summed E-state index contributed by atoms with van der Waals surface area (Å²) in [6, 6.07) is 6.88. The molecule has 2 aromatic rings. The molecule has 0 aliphatic heterocycles. The second kappa shape index (κ2) is 8.89. The minimum absolute atomic E-state index is 0.0658. The number of nitrogens with zero attached hydrogens (tertiary/aromatic N) is 1. The monoisotopic (exact) mass is 467 g/mol. The summed E-state index contributed by atoms with van der Waals surface area (Å²) in [5.74, 6) is 0.298. The van der Waals surface area contributed by atoms with Gasteiger partial charge in [0.25, 0.3) is 0 Å². The first-order valence-electron chi connectivity index (χ1n) is 9.03. The van der Waals surface area contributed by atoms with Crippen LogP contribution in [0.2, 0.25) is 0 Å². The van der Waals surface area contributed by atoms with Crippen LogP contribution in [0.3, 0.4) is 0 Å². The molecule has 0 radical (unpaired) electrons. The molecule has 4 nitrogen and oxygen atoms in total. The number of hydrogen-bond acceptors (Lipinski definition) is 4. The number of hydrogen-bond donors (Lipinski definition) is 0. The van der Waals surface area contributed by atoms with Gasteiger partial charge in [0, 0.05) is 0 Å². The first-order valence-corrected chi connectivity index (χ1v) is 10.4. The van der Waals surface area contributed by atoms with Crippen LogP contribution in [-0.2, 0) is 26.8 Å². The molecule has 1 atom stereocenters. The largest absolute Gasteiger partial charge is 0.416 e. The summed E-state index contributed by atoms with van der Waals surface area (Å²) in [4.78, 5) is -1.31. The fraction of sp³-hybridized carbons (Fsp3) is 0.350. The van der Waals surface area contributed by atoms with Crippen molar-refractivity contribution < 1.29 is 39.0 Å². The molecule has 0 saturated carbocycles. The maximum atomic E-state index is 12.9. The third kappa shape index (κ3) is 6.22. The maximum absolute atomic E-state index is 12.9. The summed E-state index contributed by atoms with van der Waals surface area (Å²) in [6.07, 6.45) is -9.48. The molecule has 11 heteroatoms. The number of halogens is 6. The van der Waals surface area contributed by atoms with E-state index in [0.29, 0.717) is 11.5 Å². The average molecular weight is 467 g/mol. The van der Waals surface area contributed by atoms with Crippen molar-refractivity contribution in [3.05, 3.63) is 64.7 Å². The SMILES string of the molecule is CCC(C)c1ccc(C(C)=NOS(=O)(=O)c2cc(C(F)(F)F)cc(C(F)(F)F)c2)cc1. The highest BCUT2D eigenvalue weighted by Crippen LogP contribution is 2.37. The first-order chi connectivity index (χ1) is 14.1. The van der Waals surface area contributed by atoms with E-state index in [2.05, 4.69) is 9.44 Å². The molecule has 2 aromatic carbocycles. The standard InChI is InChI=1S/C20H19F6NO3S/c1-4-12(2)14-5-7-15(8-6-14)13(3)27-30-31(28,29)18-10-16(19(21,22)23)9-17(11-18)20(24,25)26/h5-12H,4H2,1-3H3. The van der Waals surface area contributed by atoms with Gasteiger partial charge in [-0.3, -0.25) is 4.28 Å². The van der Waals surface area contributed by atoms with Gasteiger partial charge in [-0.15, -0.1) is 0 Å². The molecule has 0 amide bonds. The van der Waals surface area contributed by atoms with Gasteiger partial charge in [-0.25, -0.2) is 0 Å². The summed E-state index contributed by atoms with van der Waals surface area (Å²) in [6.45, 7) is 5.43. The Hall–Kier alpha value is -2.56. The van der Waals surface area contributed by atoms with E-state index >= 15 is 0 Å². The van der Waals surface area contributed by atoms with E-state index in [1.165, 1.54) is 6.92 Å². The van der Waals surface area contributed by atoms with Gasteiger partial charge in [0.2, 0.25) is 0 Å². The zero-order chi connectivity index (χ0) is 23.6. The molecule has 0 spiro atoms. The fourth-order valence-corrected chi connectivity index (χ4v) is 3.40. The smallest absolute Gasteiger partial charge is 0.265 e. The van der Waals surface area contributed by atoms with E-state index in [0.717, 1.165) is 12.0 Å². The Morgan fingerprint density at radius 1 is 0.968 bits per heavy atom. The lowest BCUT2D eigenvalue weighted by molar-refractivity contribution is -0.143. The zero-order valence-electron chi connectivity index (χ0n) is 16.7. The van der Waals surface area contributed by atoms with Gasteiger partial charge in [-0.1, -0.05) is 43.3 Å². The first kappa shape index (κ1) is 24.7. The second-order valence-electron chi connectivity index (χ2n) is 6.88. The van der Waals surface area contributed by atoms with Gasteiger partial charge in [0.15, 0.2) is 0 Å². The van der Waals surface area contributed by atoms with Crippen molar-refractivity contribution in [2.45, 2.75) is 50.4 Å². The summed E-state index contributed by atoms with van der Waals surface area (Å²) < 4.78 is 107. The molecular weight excluding hydrogens is 448 g/mol. The molecule has 2 rings (SSSR count). The minimum atomic E-state index is -5.19. The van der Waals surface area contributed by atoms with E-state index < -0.39 is 38.5 Å². The Kier molecular flexibility index (Phi) is 7.09. The molecule has 0 saturated heterocycles. The molecule has 0 aliphatic carbocycles. The predicted octanol–water partition coefficient (Wildman–Crippen LogP) is 6.37. The van der Waals surface area contributed by atoms with E-state index in [1.54, 1.807) is 24.3 Å². The van der Waals surface area contributed by atoms with E-state index in [4.69, 9.17) is 0 Å². The molecule has 0 heterocycles. The zero-order valence-corrected chi connectivity index (χ0v) is 17.5. The highest BCUT2D eigenvalue weighted by atomic mass is 32.2. The van der Waals surface area contributed by atoms with Crippen LogP contribution in [0.4, 0.5) is 26.3 Å². The quantitative estimate of drug-likeness (QED) is 0.282. The summed E-state index contributed by atoms with van der Waals surface area (Å²) in [5, 5.41) is 3.39. The molecule has 170 valence electrons. The van der Waals surface area contributed by atoms with Gasteiger partial charge in [0.05, 0.1) is 16.8 Å². The lowest BCUT2D eigenvalue weighted by Gasteiger charge is -2.13. The van der Waals surface area contributed by atoms with E-state index in [-0.39, 0.29) is 23.9 Å². The second-order valence-corrected chi connectivity index (χ2v) is 8.41. The van der Waals surface area contributed by atoms with Gasteiger partial charge >= 0.3 is 22.5 Å². The molecule has 0 aromatic heterocycles. The maximum Gasteiger partial charge on any atom is 0.416 e. The van der Waals surface area contributed by atoms with Crippen molar-refractivity contribution in [1.29, 1.82) is 0 Å². The van der Waals surface area contributed by atoms with Crippen LogP contribution in [0.5, 0.6) is 0 Å². The minimum Gasteiger partial charge on any atom is -0.265 e. The average Bonchev–Trinajstić information content (AvgIpc) is 2.70. The van der Waals surface area contributed by atoms with Crippen molar-refractivity contribution in [1.82, 2.24) is 0 Å². The third-order valence-corrected chi connectivity index (χ3v) is 5.72. The van der Waals surface area contributed by atoms with E-state index in [9.17, 15) is 34.8 Å². The Labute approximate surface area is 175 Å². The molecule has 0 N–H and O–H groups in total. The van der Waals surface area contributed by atoms with Gasteiger partial charge in [-0.2, -0.15) is 34.8 Å². The normalized spacial score (nSPS) is 14.4. The highest BCUT2D eigenvalue weighted by molar-refractivity contribution is 7.86. The summed E-state index contributed by atoms with van der Waals surface area (Å²) >= 11 is 0. The van der Waals surface area contributed by atoms with Crippen molar-refractivity contribution in [2.75, 3.05) is 0 Å². The van der Waals surface area contributed by atoms with E-state index in [1.807, 2.05) is 13.8 Å². The molecule has 0 fully saturated rings. The third-order valence-electron chi connectivity index (χ3n) is 4.63. The van der Waals surface area contributed by atoms with Crippen LogP contribution < -0.4 is 0 Å².